The minimum atomic E-state index is 0.0643. The van der Waals surface area contributed by atoms with E-state index < -0.39 is 0 Å². The number of hydrogen-bond donors (Lipinski definition) is 2. The average Bonchev–Trinajstić information content (AvgIpc) is 2.76. The molecule has 0 radical (unpaired) electrons. The van der Waals surface area contributed by atoms with Crippen LogP contribution in [0.15, 0.2) is 0 Å². The second kappa shape index (κ2) is 6.24. The van der Waals surface area contributed by atoms with E-state index >= 15 is 0 Å². The minimum Gasteiger partial charge on any atom is -0.316 e. The Morgan fingerprint density at radius 2 is 2.39 bits per heavy atom. The monoisotopic (exact) mass is 268 g/mol. The van der Waals surface area contributed by atoms with E-state index in [4.69, 9.17) is 0 Å². The van der Waals surface area contributed by atoms with Crippen molar-refractivity contribution in [1.82, 2.24) is 15.5 Å². The Morgan fingerprint density at radius 1 is 1.56 bits per heavy atom. The van der Waals surface area contributed by atoms with Crippen molar-refractivity contribution in [1.29, 1.82) is 0 Å². The number of nitrogens with zero attached hydrogens (tertiary/aromatic N) is 2. The summed E-state index contributed by atoms with van der Waals surface area (Å²) in [5.74, 6) is 0.690. The summed E-state index contributed by atoms with van der Waals surface area (Å²) < 4.78 is 0. The fourth-order valence-corrected chi connectivity index (χ4v) is 2.97. The van der Waals surface area contributed by atoms with Crippen molar-refractivity contribution in [3.63, 3.8) is 0 Å². The summed E-state index contributed by atoms with van der Waals surface area (Å²) in [5, 5.41) is 15.8. The van der Waals surface area contributed by atoms with Crippen LogP contribution in [0.25, 0.3) is 0 Å². The molecule has 2 rings (SSSR count). The first-order valence-electron chi connectivity index (χ1n) is 6.49. The van der Waals surface area contributed by atoms with Crippen molar-refractivity contribution in [2.45, 2.75) is 33.1 Å². The molecule has 6 heteroatoms. The smallest absolute Gasteiger partial charge is 0.230 e. The summed E-state index contributed by atoms with van der Waals surface area (Å²) in [5.41, 5.74) is 0. The molecule has 1 saturated heterocycles. The molecule has 0 spiro atoms. The molecule has 2 N–H and O–H groups in total. The van der Waals surface area contributed by atoms with E-state index in [1.54, 1.807) is 0 Å². The van der Waals surface area contributed by atoms with Crippen LogP contribution in [0.3, 0.4) is 0 Å². The maximum atomic E-state index is 12.0. The normalized spacial score (nSPS) is 20.1. The van der Waals surface area contributed by atoms with Crippen LogP contribution in [0.4, 0.5) is 5.13 Å². The molecule has 0 aliphatic carbocycles. The van der Waals surface area contributed by atoms with Crippen LogP contribution in [0.5, 0.6) is 0 Å². The van der Waals surface area contributed by atoms with E-state index in [1.165, 1.54) is 11.3 Å². The van der Waals surface area contributed by atoms with E-state index in [0.29, 0.717) is 11.0 Å². The summed E-state index contributed by atoms with van der Waals surface area (Å²) in [6.45, 7) is 6.07. The highest BCUT2D eigenvalue weighted by Gasteiger charge is 2.21. The fourth-order valence-electron chi connectivity index (χ4n) is 2.02. The van der Waals surface area contributed by atoms with Crippen molar-refractivity contribution in [3.05, 3.63) is 5.01 Å². The van der Waals surface area contributed by atoms with Gasteiger partial charge in [-0.25, -0.2) is 0 Å². The van der Waals surface area contributed by atoms with Crippen LogP contribution in [0, 0.1) is 11.8 Å². The first-order chi connectivity index (χ1) is 8.65. The number of nitrogens with one attached hydrogen (secondary N) is 2. The Hall–Kier alpha value is -1.01. The number of carbonyl (C=O) groups is 1. The molecule has 0 aromatic carbocycles. The van der Waals surface area contributed by atoms with Gasteiger partial charge in [0.1, 0.15) is 5.01 Å². The van der Waals surface area contributed by atoms with Crippen LogP contribution in [0.2, 0.25) is 0 Å². The molecule has 100 valence electrons. The predicted molar refractivity (Wildman–Crippen MR) is 72.7 cm³/mol. The van der Waals surface area contributed by atoms with E-state index in [1.807, 2.05) is 0 Å². The summed E-state index contributed by atoms with van der Waals surface area (Å²) in [7, 11) is 0. The van der Waals surface area contributed by atoms with E-state index in [2.05, 4.69) is 34.7 Å². The molecule has 1 aliphatic heterocycles. The topological polar surface area (TPSA) is 66.9 Å². The molecular weight excluding hydrogens is 248 g/mol. The van der Waals surface area contributed by atoms with Gasteiger partial charge in [0.05, 0.1) is 5.92 Å². The Balaban J connectivity index is 1.88. The van der Waals surface area contributed by atoms with Gasteiger partial charge < -0.3 is 10.6 Å². The Bertz CT molecular complexity index is 399. The van der Waals surface area contributed by atoms with Gasteiger partial charge in [-0.1, -0.05) is 25.2 Å². The molecule has 0 bridgehead atoms. The standard InChI is InChI=1S/C12H20N4OS/c1-8(2)6-10-15-16-12(18-10)14-11(17)9-4-3-5-13-7-9/h8-9,13H,3-7H2,1-2H3,(H,14,16,17)/t9-/m0/s1. The second-order valence-corrected chi connectivity index (χ2v) is 6.19. The van der Waals surface area contributed by atoms with E-state index in [9.17, 15) is 4.79 Å². The first-order valence-corrected chi connectivity index (χ1v) is 7.30. The van der Waals surface area contributed by atoms with Crippen LogP contribution in [-0.4, -0.2) is 29.2 Å². The number of anilines is 1. The van der Waals surface area contributed by atoms with Gasteiger partial charge in [0.2, 0.25) is 11.0 Å². The van der Waals surface area contributed by atoms with Crippen molar-refractivity contribution >= 4 is 22.4 Å². The van der Waals surface area contributed by atoms with Gasteiger partial charge in [0.25, 0.3) is 0 Å². The third-order valence-electron chi connectivity index (χ3n) is 2.95. The molecule has 1 aromatic heterocycles. The quantitative estimate of drug-likeness (QED) is 0.872. The zero-order chi connectivity index (χ0) is 13.0. The summed E-state index contributed by atoms with van der Waals surface area (Å²) >= 11 is 1.48. The molecule has 1 amide bonds. The summed E-state index contributed by atoms with van der Waals surface area (Å²) in [4.78, 5) is 12.0. The Labute approximate surface area is 111 Å². The zero-order valence-corrected chi connectivity index (χ0v) is 11.7. The predicted octanol–water partition coefficient (Wildman–Crippen LogP) is 1.67. The van der Waals surface area contributed by atoms with Crippen molar-refractivity contribution in [3.8, 4) is 0 Å². The summed E-state index contributed by atoms with van der Waals surface area (Å²) in [6, 6.07) is 0. The van der Waals surface area contributed by atoms with Gasteiger partial charge in [-0.15, -0.1) is 10.2 Å². The molecule has 2 heterocycles. The molecule has 0 saturated carbocycles. The number of amides is 1. The lowest BCUT2D eigenvalue weighted by molar-refractivity contribution is -0.120. The van der Waals surface area contributed by atoms with Crippen LogP contribution in [-0.2, 0) is 11.2 Å². The largest absolute Gasteiger partial charge is 0.316 e. The molecule has 18 heavy (non-hydrogen) atoms. The van der Waals surface area contributed by atoms with Crippen molar-refractivity contribution in [2.75, 3.05) is 18.4 Å². The maximum absolute atomic E-state index is 12.0. The highest BCUT2D eigenvalue weighted by atomic mass is 32.1. The van der Waals surface area contributed by atoms with Gasteiger partial charge in [-0.05, 0) is 25.3 Å². The maximum Gasteiger partial charge on any atom is 0.230 e. The molecule has 1 atom stereocenters. The Kier molecular flexibility index (Phi) is 4.66. The highest BCUT2D eigenvalue weighted by Crippen LogP contribution is 2.20. The molecule has 1 fully saturated rings. The molecule has 1 aromatic rings. The number of carbonyl (C=O) groups excluding carboxylic acids is 1. The van der Waals surface area contributed by atoms with Crippen molar-refractivity contribution in [2.24, 2.45) is 11.8 Å². The van der Waals surface area contributed by atoms with Crippen LogP contribution >= 0.6 is 11.3 Å². The molecule has 1 aliphatic rings. The lowest BCUT2D eigenvalue weighted by atomic mass is 9.99. The molecule has 5 nitrogen and oxygen atoms in total. The highest BCUT2D eigenvalue weighted by molar-refractivity contribution is 7.15. The second-order valence-electron chi connectivity index (χ2n) is 5.13. The van der Waals surface area contributed by atoms with Gasteiger partial charge >= 0.3 is 0 Å². The average molecular weight is 268 g/mol. The third-order valence-corrected chi connectivity index (χ3v) is 3.81. The van der Waals surface area contributed by atoms with Gasteiger partial charge in [-0.3, -0.25) is 4.79 Å². The SMILES string of the molecule is CC(C)Cc1nnc(NC(=O)[C@H]2CCCNC2)s1. The minimum absolute atomic E-state index is 0.0643. The zero-order valence-electron chi connectivity index (χ0n) is 10.9. The molecule has 0 unspecified atom stereocenters. The Morgan fingerprint density at radius 3 is 3.06 bits per heavy atom. The lowest BCUT2D eigenvalue weighted by Gasteiger charge is -2.21. The van der Waals surface area contributed by atoms with E-state index in [-0.39, 0.29) is 11.8 Å². The number of rotatable bonds is 4. The van der Waals surface area contributed by atoms with Gasteiger partial charge in [0.15, 0.2) is 0 Å². The number of hydrogen-bond acceptors (Lipinski definition) is 5. The number of aromatic nitrogens is 2. The summed E-state index contributed by atoms with van der Waals surface area (Å²) in [6.07, 6.45) is 2.93. The lowest BCUT2D eigenvalue weighted by Crippen LogP contribution is -2.37. The van der Waals surface area contributed by atoms with Crippen LogP contribution in [0.1, 0.15) is 31.7 Å². The fraction of sp³-hybridized carbons (Fsp3) is 0.750. The third kappa shape index (κ3) is 3.74. The first kappa shape index (κ1) is 13.4. The van der Waals surface area contributed by atoms with Gasteiger partial charge in [-0.2, -0.15) is 0 Å². The van der Waals surface area contributed by atoms with Gasteiger partial charge in [0, 0.05) is 13.0 Å². The number of piperidine rings is 1. The van der Waals surface area contributed by atoms with Crippen LogP contribution < -0.4 is 10.6 Å². The molecular formula is C12H20N4OS. The van der Waals surface area contributed by atoms with Crippen molar-refractivity contribution < 1.29 is 4.79 Å². The van der Waals surface area contributed by atoms with E-state index in [0.717, 1.165) is 37.4 Å².